The average molecular weight is 454 g/mol. The van der Waals surface area contributed by atoms with Gasteiger partial charge < -0.3 is 20.3 Å². The Bertz CT molecular complexity index is 934. The number of amides is 3. The number of benzene rings is 2. The molecule has 2 aromatic rings. The summed E-state index contributed by atoms with van der Waals surface area (Å²) in [6, 6.07) is 16.0. The number of ether oxygens (including phenoxy) is 1. The van der Waals surface area contributed by atoms with E-state index in [2.05, 4.69) is 10.6 Å². The van der Waals surface area contributed by atoms with E-state index in [4.69, 9.17) is 4.74 Å². The molecule has 0 aromatic heterocycles. The van der Waals surface area contributed by atoms with Crippen LogP contribution < -0.4 is 10.6 Å². The summed E-state index contributed by atoms with van der Waals surface area (Å²) in [6.45, 7) is 11.0. The lowest BCUT2D eigenvalue weighted by atomic mass is 10.0. The minimum Gasteiger partial charge on any atom is -0.444 e. The predicted octanol–water partition coefficient (Wildman–Crippen LogP) is 4.11. The third kappa shape index (κ3) is 8.25. The number of nitrogens with zero attached hydrogens (tertiary/aromatic N) is 1. The fourth-order valence-corrected chi connectivity index (χ4v) is 3.35. The maximum absolute atomic E-state index is 13.4. The molecule has 0 aliphatic carbocycles. The highest BCUT2D eigenvalue weighted by atomic mass is 16.6. The van der Waals surface area contributed by atoms with Crippen molar-refractivity contribution in [1.29, 1.82) is 0 Å². The zero-order valence-electron chi connectivity index (χ0n) is 20.3. The molecule has 0 aliphatic heterocycles. The molecule has 1 unspecified atom stereocenters. The molecule has 0 bridgehead atoms. The lowest BCUT2D eigenvalue weighted by Gasteiger charge is -2.35. The summed E-state index contributed by atoms with van der Waals surface area (Å²) in [5, 5.41) is 5.46. The summed E-state index contributed by atoms with van der Waals surface area (Å²) < 4.78 is 5.22. The van der Waals surface area contributed by atoms with Crippen molar-refractivity contribution in [2.24, 2.45) is 0 Å². The molecule has 0 spiro atoms. The highest BCUT2D eigenvalue weighted by Crippen LogP contribution is 2.24. The van der Waals surface area contributed by atoms with E-state index in [1.54, 1.807) is 20.8 Å². The Morgan fingerprint density at radius 1 is 0.939 bits per heavy atom. The molecule has 2 aromatic carbocycles. The number of aryl methyl sites for hydroxylation is 1. The van der Waals surface area contributed by atoms with E-state index in [1.165, 1.54) is 4.90 Å². The van der Waals surface area contributed by atoms with Gasteiger partial charge in [0.15, 0.2) is 0 Å². The van der Waals surface area contributed by atoms with Crippen LogP contribution in [0.25, 0.3) is 0 Å². The van der Waals surface area contributed by atoms with Crippen LogP contribution in [0.1, 0.15) is 57.4 Å². The van der Waals surface area contributed by atoms with E-state index in [0.29, 0.717) is 12.1 Å². The minimum atomic E-state index is -0.845. The molecule has 178 valence electrons. The van der Waals surface area contributed by atoms with Crippen LogP contribution in [0.15, 0.2) is 54.6 Å². The molecule has 0 saturated heterocycles. The Labute approximate surface area is 196 Å². The first-order valence-electron chi connectivity index (χ1n) is 11.1. The van der Waals surface area contributed by atoms with E-state index in [9.17, 15) is 14.4 Å². The molecule has 3 amide bonds. The normalized spacial score (nSPS) is 12.1. The highest BCUT2D eigenvalue weighted by Gasteiger charge is 2.33. The Morgan fingerprint density at radius 2 is 1.55 bits per heavy atom. The van der Waals surface area contributed by atoms with Crippen molar-refractivity contribution in [1.82, 2.24) is 15.5 Å². The Kier molecular flexibility index (Phi) is 9.02. The van der Waals surface area contributed by atoms with Gasteiger partial charge in [0.25, 0.3) is 0 Å². The van der Waals surface area contributed by atoms with Gasteiger partial charge in [0.05, 0.1) is 0 Å². The number of hydrogen-bond donors (Lipinski definition) is 2. The summed E-state index contributed by atoms with van der Waals surface area (Å²) in [6.07, 6.45) is -0.681. The topological polar surface area (TPSA) is 87.7 Å². The van der Waals surface area contributed by atoms with Gasteiger partial charge in [-0.05, 0) is 52.7 Å². The van der Waals surface area contributed by atoms with Crippen LogP contribution in [0.3, 0.4) is 0 Å². The first-order valence-corrected chi connectivity index (χ1v) is 11.1. The maximum atomic E-state index is 13.4. The van der Waals surface area contributed by atoms with Crippen molar-refractivity contribution in [3.05, 3.63) is 71.3 Å². The van der Waals surface area contributed by atoms with E-state index in [0.717, 1.165) is 11.1 Å². The average Bonchev–Trinajstić information content (AvgIpc) is 2.74. The first kappa shape index (κ1) is 25.9. The van der Waals surface area contributed by atoms with Gasteiger partial charge in [-0.15, -0.1) is 0 Å². The van der Waals surface area contributed by atoms with Crippen molar-refractivity contribution >= 4 is 17.9 Å². The molecule has 2 rings (SSSR count). The minimum absolute atomic E-state index is 0.276. The quantitative estimate of drug-likeness (QED) is 0.630. The highest BCUT2D eigenvalue weighted by molar-refractivity contribution is 5.90. The van der Waals surface area contributed by atoms with E-state index < -0.39 is 17.7 Å². The second-order valence-electron chi connectivity index (χ2n) is 9.27. The summed E-state index contributed by atoms with van der Waals surface area (Å²) in [5.41, 5.74) is 2.04. The van der Waals surface area contributed by atoms with Crippen LogP contribution in [0.2, 0.25) is 0 Å². The molecule has 7 nitrogen and oxygen atoms in total. The number of nitrogens with one attached hydrogen (secondary N) is 2. The van der Waals surface area contributed by atoms with Gasteiger partial charge in [0.1, 0.15) is 18.2 Å². The van der Waals surface area contributed by atoms with Crippen molar-refractivity contribution in [2.45, 2.75) is 65.8 Å². The monoisotopic (exact) mass is 453 g/mol. The van der Waals surface area contributed by atoms with Gasteiger partial charge in [-0.3, -0.25) is 9.59 Å². The summed E-state index contributed by atoms with van der Waals surface area (Å²) >= 11 is 0. The number of hydrogen-bond acceptors (Lipinski definition) is 4. The van der Waals surface area contributed by atoms with Gasteiger partial charge in [-0.25, -0.2) is 4.79 Å². The SMILES string of the molecule is Cc1ccc(C(C(=O)NCc2ccccc2)N(C(=O)CNC(=O)OC(C)(C)C)C(C)C)cc1. The Hall–Kier alpha value is -3.35. The zero-order chi connectivity index (χ0) is 24.6. The predicted molar refractivity (Wildman–Crippen MR) is 128 cm³/mol. The van der Waals surface area contributed by atoms with E-state index in [1.807, 2.05) is 75.4 Å². The van der Waals surface area contributed by atoms with Crippen molar-refractivity contribution in [3.8, 4) is 0 Å². The molecule has 0 aliphatic rings. The molecule has 2 N–H and O–H groups in total. The van der Waals surface area contributed by atoms with E-state index in [-0.39, 0.29) is 24.4 Å². The van der Waals surface area contributed by atoms with Gasteiger partial charge >= 0.3 is 6.09 Å². The lowest BCUT2D eigenvalue weighted by Crippen LogP contribution is -2.50. The molecule has 7 heteroatoms. The summed E-state index contributed by atoms with van der Waals surface area (Å²) in [5.74, 6) is -0.668. The number of rotatable bonds is 8. The lowest BCUT2D eigenvalue weighted by molar-refractivity contribution is -0.142. The standard InChI is InChI=1S/C26H35N3O4/c1-18(2)29(22(30)17-28-25(32)33-26(4,5)6)23(21-14-12-19(3)13-15-21)24(31)27-16-20-10-8-7-9-11-20/h7-15,18,23H,16-17H2,1-6H3,(H,27,31)(H,28,32). The molecule has 33 heavy (non-hydrogen) atoms. The van der Waals surface area contributed by atoms with Crippen molar-refractivity contribution in [3.63, 3.8) is 0 Å². The number of carbonyl (C=O) groups excluding carboxylic acids is 3. The largest absolute Gasteiger partial charge is 0.444 e. The Morgan fingerprint density at radius 3 is 2.09 bits per heavy atom. The molecule has 0 heterocycles. The van der Waals surface area contributed by atoms with Crippen LogP contribution >= 0.6 is 0 Å². The zero-order valence-corrected chi connectivity index (χ0v) is 20.3. The second-order valence-corrected chi connectivity index (χ2v) is 9.27. The Balaban J connectivity index is 2.25. The molecule has 0 fully saturated rings. The third-order valence-electron chi connectivity index (χ3n) is 4.86. The molecule has 0 radical (unpaired) electrons. The van der Waals surface area contributed by atoms with E-state index >= 15 is 0 Å². The second kappa shape index (κ2) is 11.5. The fraction of sp³-hybridized carbons (Fsp3) is 0.423. The van der Waals surface area contributed by atoms with Gasteiger partial charge in [0.2, 0.25) is 11.8 Å². The summed E-state index contributed by atoms with van der Waals surface area (Å²) in [7, 11) is 0. The maximum Gasteiger partial charge on any atom is 0.408 e. The van der Waals surface area contributed by atoms with Gasteiger partial charge in [-0.1, -0.05) is 60.2 Å². The number of alkyl carbamates (subject to hydrolysis) is 1. The van der Waals surface area contributed by atoms with Gasteiger partial charge in [-0.2, -0.15) is 0 Å². The van der Waals surface area contributed by atoms with Crippen LogP contribution in [-0.4, -0.2) is 41.0 Å². The fourth-order valence-electron chi connectivity index (χ4n) is 3.35. The third-order valence-corrected chi connectivity index (χ3v) is 4.86. The molecule has 0 saturated carbocycles. The number of carbonyl (C=O) groups is 3. The van der Waals surface area contributed by atoms with Gasteiger partial charge in [0, 0.05) is 12.6 Å². The van der Waals surface area contributed by atoms with Crippen LogP contribution in [0, 0.1) is 6.92 Å². The van der Waals surface area contributed by atoms with Crippen LogP contribution in [-0.2, 0) is 20.9 Å². The van der Waals surface area contributed by atoms with Crippen molar-refractivity contribution < 1.29 is 19.1 Å². The smallest absolute Gasteiger partial charge is 0.408 e. The summed E-state index contributed by atoms with van der Waals surface area (Å²) in [4.78, 5) is 40.1. The van der Waals surface area contributed by atoms with Crippen molar-refractivity contribution in [2.75, 3.05) is 6.54 Å². The first-order chi connectivity index (χ1) is 15.5. The van der Waals surface area contributed by atoms with Crippen LogP contribution in [0.4, 0.5) is 4.79 Å². The molecular formula is C26H35N3O4. The molecular weight excluding hydrogens is 418 g/mol. The van der Waals surface area contributed by atoms with Crippen LogP contribution in [0.5, 0.6) is 0 Å². The molecule has 1 atom stereocenters.